The first-order valence-electron chi connectivity index (χ1n) is 10.7. The summed E-state index contributed by atoms with van der Waals surface area (Å²) in [6.07, 6.45) is -0.612. The predicted octanol–water partition coefficient (Wildman–Crippen LogP) is 3.85. The molecule has 3 amide bonds. The molecule has 1 aliphatic heterocycles. The van der Waals surface area contributed by atoms with Gasteiger partial charge in [0.25, 0.3) is 5.91 Å². The number of hydrogen-bond donors (Lipinski definition) is 2. The highest BCUT2D eigenvalue weighted by atomic mass is 19.4. The number of halogens is 3. The van der Waals surface area contributed by atoms with E-state index in [0.717, 1.165) is 12.8 Å². The lowest BCUT2D eigenvalue weighted by molar-refractivity contribution is -0.185. The Labute approximate surface area is 174 Å². The molecule has 2 saturated carbocycles. The average molecular weight is 426 g/mol. The van der Waals surface area contributed by atoms with E-state index in [2.05, 4.69) is 16.7 Å². The van der Waals surface area contributed by atoms with Crippen LogP contribution in [0.4, 0.5) is 18.0 Å². The van der Waals surface area contributed by atoms with Crippen LogP contribution in [-0.2, 0) is 4.79 Å². The zero-order valence-electron chi connectivity index (χ0n) is 17.4. The fraction of sp³-hybridized carbons (Fsp3) is 0.762. The highest BCUT2D eigenvalue weighted by Gasteiger charge is 2.47. The molecule has 0 radical (unpaired) electrons. The number of carbonyl (C=O) groups is 2. The molecule has 2 fully saturated rings. The Morgan fingerprint density at radius 3 is 2.43 bits per heavy atom. The number of urea groups is 1. The van der Waals surface area contributed by atoms with Crippen LogP contribution in [0.5, 0.6) is 0 Å². The minimum atomic E-state index is -4.28. The van der Waals surface area contributed by atoms with E-state index in [-0.39, 0.29) is 30.6 Å². The third-order valence-electron chi connectivity index (χ3n) is 6.93. The summed E-state index contributed by atoms with van der Waals surface area (Å²) in [5.74, 6) is -1.74. The lowest BCUT2D eigenvalue weighted by atomic mass is 9.75. The molecule has 0 aromatic heterocycles. The van der Waals surface area contributed by atoms with Gasteiger partial charge in [-0.2, -0.15) is 18.4 Å². The van der Waals surface area contributed by atoms with Gasteiger partial charge in [-0.25, -0.2) is 4.79 Å². The van der Waals surface area contributed by atoms with Crippen molar-refractivity contribution in [2.45, 2.75) is 76.6 Å². The number of likely N-dealkylation sites (N-methyl/N-ethyl adjacent to an activating group) is 1. The molecular weight excluding hydrogens is 397 g/mol. The second kappa shape index (κ2) is 8.86. The van der Waals surface area contributed by atoms with Crippen molar-refractivity contribution in [2.75, 3.05) is 7.05 Å². The fourth-order valence-electron chi connectivity index (χ4n) is 5.29. The zero-order chi connectivity index (χ0) is 22.1. The number of nitrogens with zero attached hydrogens (tertiary/aromatic N) is 2. The minimum Gasteiger partial charge on any atom is -0.355 e. The number of carbonyl (C=O) groups excluding carboxylic acids is 2. The monoisotopic (exact) mass is 426 g/mol. The maximum atomic E-state index is 13.3. The Balaban J connectivity index is 1.89. The third kappa shape index (κ3) is 4.42. The number of nitrogens with one attached hydrogen (secondary N) is 2. The van der Waals surface area contributed by atoms with Crippen LogP contribution < -0.4 is 10.6 Å². The van der Waals surface area contributed by atoms with Crippen molar-refractivity contribution in [1.29, 1.82) is 5.26 Å². The lowest BCUT2D eigenvalue weighted by Crippen LogP contribution is -2.58. The molecule has 1 heterocycles. The van der Waals surface area contributed by atoms with Crippen LogP contribution in [0.15, 0.2) is 11.3 Å². The van der Waals surface area contributed by atoms with Gasteiger partial charge in [-0.05, 0) is 57.8 Å². The van der Waals surface area contributed by atoms with Crippen molar-refractivity contribution < 1.29 is 22.8 Å². The summed E-state index contributed by atoms with van der Waals surface area (Å²) < 4.78 is 39.8. The van der Waals surface area contributed by atoms with E-state index in [9.17, 15) is 22.8 Å². The van der Waals surface area contributed by atoms with E-state index < -0.39 is 30.2 Å². The van der Waals surface area contributed by atoms with Crippen LogP contribution in [-0.4, -0.2) is 42.1 Å². The Kier molecular flexibility index (Phi) is 6.63. The predicted molar refractivity (Wildman–Crippen MR) is 104 cm³/mol. The zero-order valence-corrected chi connectivity index (χ0v) is 17.4. The van der Waals surface area contributed by atoms with Crippen LogP contribution in [0, 0.1) is 29.1 Å². The minimum absolute atomic E-state index is 0.00731. The summed E-state index contributed by atoms with van der Waals surface area (Å²) in [7, 11) is 1.51. The molecule has 0 aromatic rings. The maximum Gasteiger partial charge on any atom is 0.391 e. The molecule has 3 atom stereocenters. The van der Waals surface area contributed by atoms with E-state index in [1.165, 1.54) is 11.9 Å². The second-order valence-electron chi connectivity index (χ2n) is 8.68. The molecule has 0 bridgehead atoms. The molecule has 2 N–H and O–H groups in total. The Morgan fingerprint density at radius 2 is 1.87 bits per heavy atom. The molecule has 2 aliphatic carbocycles. The van der Waals surface area contributed by atoms with Gasteiger partial charge in [-0.1, -0.05) is 6.42 Å². The maximum absolute atomic E-state index is 13.3. The quantitative estimate of drug-likeness (QED) is 0.719. The number of amides is 3. The number of rotatable bonds is 3. The van der Waals surface area contributed by atoms with Gasteiger partial charge in [-0.3, -0.25) is 9.69 Å². The third-order valence-corrected chi connectivity index (χ3v) is 6.93. The van der Waals surface area contributed by atoms with Crippen LogP contribution in [0.2, 0.25) is 0 Å². The van der Waals surface area contributed by atoms with Gasteiger partial charge < -0.3 is 10.6 Å². The molecular formula is C21H29F3N4O2. The van der Waals surface area contributed by atoms with Gasteiger partial charge in [0.15, 0.2) is 0 Å². The highest BCUT2D eigenvalue weighted by molar-refractivity contribution is 5.98. The first-order valence-corrected chi connectivity index (χ1v) is 10.7. The molecule has 0 aromatic carbocycles. The number of nitriles is 1. The topological polar surface area (TPSA) is 85.2 Å². The summed E-state index contributed by atoms with van der Waals surface area (Å²) in [6.45, 7) is 1.66. The van der Waals surface area contributed by atoms with Crippen LogP contribution >= 0.6 is 0 Å². The molecule has 3 rings (SSSR count). The van der Waals surface area contributed by atoms with E-state index in [1.807, 2.05) is 0 Å². The van der Waals surface area contributed by atoms with Gasteiger partial charge in [0, 0.05) is 24.7 Å². The molecule has 166 valence electrons. The van der Waals surface area contributed by atoms with Crippen molar-refractivity contribution >= 4 is 11.9 Å². The van der Waals surface area contributed by atoms with Crippen molar-refractivity contribution in [3.8, 4) is 6.07 Å². The number of allylic oxidation sites excluding steroid dienone is 1. The lowest BCUT2D eigenvalue weighted by Gasteiger charge is -2.45. The molecule has 30 heavy (non-hydrogen) atoms. The molecule has 6 nitrogen and oxygen atoms in total. The van der Waals surface area contributed by atoms with E-state index >= 15 is 0 Å². The van der Waals surface area contributed by atoms with Gasteiger partial charge in [0.05, 0.1) is 23.6 Å². The number of alkyl halides is 3. The summed E-state index contributed by atoms with van der Waals surface area (Å²) in [5.41, 5.74) is 0.866. The van der Waals surface area contributed by atoms with Crippen molar-refractivity contribution in [3.05, 3.63) is 11.3 Å². The van der Waals surface area contributed by atoms with Gasteiger partial charge in [0.1, 0.15) is 0 Å². The smallest absolute Gasteiger partial charge is 0.355 e. The summed E-state index contributed by atoms with van der Waals surface area (Å²) >= 11 is 0. The first kappa shape index (κ1) is 22.4. The second-order valence-corrected chi connectivity index (χ2v) is 8.68. The standard InChI is InChI=1S/C21H29F3N4O2/c1-12-17(19(29)26-2)18(14-8-6-13(11-25)7-9-14)27-20(30)28(12)16-5-3-4-15(10-16)21(22,23)24/h13-16,18H,3-10H2,1-2H3,(H,26,29)(H,27,30). The van der Waals surface area contributed by atoms with Crippen molar-refractivity contribution in [3.63, 3.8) is 0 Å². The average Bonchev–Trinajstić information content (AvgIpc) is 2.72. The summed E-state index contributed by atoms with van der Waals surface area (Å²) in [4.78, 5) is 27.1. The van der Waals surface area contributed by atoms with Crippen LogP contribution in [0.25, 0.3) is 0 Å². The molecule has 3 aliphatic rings. The van der Waals surface area contributed by atoms with Crippen molar-refractivity contribution in [2.24, 2.45) is 17.8 Å². The van der Waals surface area contributed by atoms with Gasteiger partial charge in [0.2, 0.25) is 0 Å². The Bertz CT molecular complexity index is 750. The summed E-state index contributed by atoms with van der Waals surface area (Å²) in [5, 5.41) is 14.7. The normalized spacial score (nSPS) is 33.0. The molecule has 3 unspecified atom stereocenters. The Hall–Kier alpha value is -2.24. The molecule has 0 saturated heterocycles. The SMILES string of the molecule is CNC(=O)C1=C(C)N(C2CCCC(C(F)(F)F)C2)C(=O)NC1C1CCC(C#N)CC1. The molecule has 9 heteroatoms. The first-order chi connectivity index (χ1) is 14.2. The fourth-order valence-corrected chi connectivity index (χ4v) is 5.29. The van der Waals surface area contributed by atoms with E-state index in [1.54, 1.807) is 6.92 Å². The summed E-state index contributed by atoms with van der Waals surface area (Å²) in [6, 6.07) is 0.774. The number of hydrogen-bond acceptors (Lipinski definition) is 3. The molecule has 0 spiro atoms. The van der Waals surface area contributed by atoms with Crippen LogP contribution in [0.3, 0.4) is 0 Å². The largest absolute Gasteiger partial charge is 0.391 e. The van der Waals surface area contributed by atoms with Crippen molar-refractivity contribution in [1.82, 2.24) is 15.5 Å². The van der Waals surface area contributed by atoms with Gasteiger partial charge >= 0.3 is 12.2 Å². The Morgan fingerprint density at radius 1 is 1.20 bits per heavy atom. The van der Waals surface area contributed by atoms with Crippen LogP contribution in [0.1, 0.15) is 58.3 Å². The highest BCUT2D eigenvalue weighted by Crippen LogP contribution is 2.42. The van der Waals surface area contributed by atoms with E-state index in [0.29, 0.717) is 37.0 Å². The van der Waals surface area contributed by atoms with Gasteiger partial charge in [-0.15, -0.1) is 0 Å². The van der Waals surface area contributed by atoms with E-state index in [4.69, 9.17) is 5.26 Å².